The molecule has 1 aliphatic heterocycles. The first-order chi connectivity index (χ1) is 16.2. The predicted octanol–water partition coefficient (Wildman–Crippen LogP) is 10.0. The Hall–Kier alpha value is -2.39. The van der Waals surface area contributed by atoms with Gasteiger partial charge in [-0.15, -0.1) is 0 Å². The fourth-order valence-corrected chi connectivity index (χ4v) is 9.19. The highest BCUT2D eigenvalue weighted by Gasteiger charge is 2.45. The lowest BCUT2D eigenvalue weighted by molar-refractivity contribution is 0.571. The van der Waals surface area contributed by atoms with Crippen LogP contribution in [-0.4, -0.2) is 6.26 Å². The maximum Gasteiger partial charge on any atom is 0.146 e. The molecule has 0 N–H and O–H groups in total. The van der Waals surface area contributed by atoms with Gasteiger partial charge in [0, 0.05) is 9.80 Å². The van der Waals surface area contributed by atoms with Crippen molar-refractivity contribution in [1.82, 2.24) is 0 Å². The van der Waals surface area contributed by atoms with E-state index in [1.54, 1.807) is 6.07 Å². The molecule has 0 bridgehead atoms. The van der Waals surface area contributed by atoms with Crippen LogP contribution in [0.3, 0.4) is 0 Å². The first-order valence-electron chi connectivity index (χ1n) is 12.3. The maximum atomic E-state index is 16.2. The van der Waals surface area contributed by atoms with Gasteiger partial charge < -0.3 is 0 Å². The molecule has 0 aromatic heterocycles. The number of rotatable bonds is 7. The molecule has 34 heavy (non-hydrogen) atoms. The lowest BCUT2D eigenvalue weighted by Gasteiger charge is -2.24. The van der Waals surface area contributed by atoms with Gasteiger partial charge in [0.25, 0.3) is 0 Å². The molecule has 1 atom stereocenters. The minimum atomic E-state index is -1.57. The minimum absolute atomic E-state index is 0.0935. The average Bonchev–Trinajstić information content (AvgIpc) is 3.16. The number of halogens is 2. The summed E-state index contributed by atoms with van der Waals surface area (Å²) in [5, 5.41) is 0. The second-order valence-electron chi connectivity index (χ2n) is 9.80. The first-order valence-corrected chi connectivity index (χ1v) is 14.3. The molecule has 3 heteroatoms. The Morgan fingerprint density at radius 3 is 2.38 bits per heavy atom. The van der Waals surface area contributed by atoms with Gasteiger partial charge >= 0.3 is 0 Å². The highest BCUT2D eigenvalue weighted by Crippen LogP contribution is 2.81. The van der Waals surface area contributed by atoms with Crippen molar-refractivity contribution >= 4 is 15.6 Å². The summed E-state index contributed by atoms with van der Waals surface area (Å²) in [6.45, 7) is 16.4. The molecule has 2 aliphatic rings. The van der Waals surface area contributed by atoms with Crippen molar-refractivity contribution in [2.24, 2.45) is 5.92 Å². The molecule has 4 rings (SSSR count). The largest absolute Gasteiger partial charge is 0.206 e. The number of allylic oxidation sites excluding steroid dienone is 5. The third kappa shape index (κ3) is 3.92. The van der Waals surface area contributed by atoms with E-state index in [0.717, 1.165) is 28.7 Å². The van der Waals surface area contributed by atoms with Crippen molar-refractivity contribution in [2.45, 2.75) is 64.7 Å². The predicted molar refractivity (Wildman–Crippen MR) is 145 cm³/mol. The van der Waals surface area contributed by atoms with Crippen LogP contribution in [-0.2, 0) is 0 Å². The van der Waals surface area contributed by atoms with E-state index in [0.29, 0.717) is 16.4 Å². The molecular weight excluding hydrogens is 442 g/mol. The normalized spacial score (nSPS) is 22.6. The number of hydrogen-bond acceptors (Lipinski definition) is 0. The monoisotopic (exact) mass is 478 g/mol. The van der Waals surface area contributed by atoms with E-state index < -0.39 is 21.7 Å². The van der Waals surface area contributed by atoms with Crippen LogP contribution in [0, 0.1) is 31.4 Å². The molecule has 1 heterocycles. The van der Waals surface area contributed by atoms with Crippen LogP contribution in [0.1, 0.15) is 62.6 Å². The maximum absolute atomic E-state index is 16.2. The summed E-state index contributed by atoms with van der Waals surface area (Å²) in [6.07, 6.45) is 11.8. The molecule has 1 aliphatic carbocycles. The molecule has 0 saturated heterocycles. The van der Waals surface area contributed by atoms with E-state index in [4.69, 9.17) is 0 Å². The quantitative estimate of drug-likeness (QED) is 0.347. The zero-order valence-electron chi connectivity index (χ0n) is 21.2. The fourth-order valence-electron chi connectivity index (χ4n) is 5.57. The Kier molecular flexibility index (Phi) is 6.79. The average molecular weight is 479 g/mol. The van der Waals surface area contributed by atoms with Gasteiger partial charge in [-0.25, -0.2) is 8.78 Å². The van der Waals surface area contributed by atoms with Crippen LogP contribution >= 0.6 is 10.0 Å². The Balaban J connectivity index is 1.79. The van der Waals surface area contributed by atoms with E-state index in [1.807, 2.05) is 32.1 Å². The summed E-state index contributed by atoms with van der Waals surface area (Å²) in [7, 11) is -1.57. The van der Waals surface area contributed by atoms with Crippen LogP contribution < -0.4 is 0 Å². The van der Waals surface area contributed by atoms with E-state index in [1.165, 1.54) is 47.1 Å². The lowest BCUT2D eigenvalue weighted by Crippen LogP contribution is -2.03. The van der Waals surface area contributed by atoms with Gasteiger partial charge in [0.15, 0.2) is 0 Å². The lowest BCUT2D eigenvalue weighted by atomic mass is 9.85. The third-order valence-corrected chi connectivity index (χ3v) is 11.6. The summed E-state index contributed by atoms with van der Waals surface area (Å²) in [5.41, 5.74) is 6.08. The Bertz CT molecular complexity index is 1240. The van der Waals surface area contributed by atoms with Crippen LogP contribution in [0.15, 0.2) is 69.9 Å². The van der Waals surface area contributed by atoms with E-state index in [9.17, 15) is 0 Å². The topological polar surface area (TPSA) is 0 Å². The van der Waals surface area contributed by atoms with Gasteiger partial charge in [-0.05, 0) is 103 Å². The van der Waals surface area contributed by atoms with E-state index in [-0.39, 0.29) is 5.56 Å². The molecule has 1 unspecified atom stereocenters. The summed E-state index contributed by atoms with van der Waals surface area (Å²) >= 11 is 0. The molecule has 0 radical (unpaired) electrons. The van der Waals surface area contributed by atoms with Gasteiger partial charge in [0.05, 0.1) is 5.56 Å². The number of benzene rings is 2. The molecule has 0 nitrogen and oxygen atoms in total. The van der Waals surface area contributed by atoms with Gasteiger partial charge in [-0.2, -0.15) is 10.0 Å². The van der Waals surface area contributed by atoms with Crippen molar-refractivity contribution in [3.63, 3.8) is 0 Å². The van der Waals surface area contributed by atoms with Crippen molar-refractivity contribution in [3.8, 4) is 11.1 Å². The van der Waals surface area contributed by atoms with Crippen LogP contribution in [0.2, 0.25) is 0 Å². The van der Waals surface area contributed by atoms with Gasteiger partial charge in [0.1, 0.15) is 11.6 Å². The molecule has 0 spiro atoms. The molecule has 2 aromatic carbocycles. The SMILES string of the molecule is C=C/C(C)=C\C1=C(CC)S1(C)c1ccc(F)c(-c2ccc(C(=C)C3CCCC3)c(C)c2C)c1F. The van der Waals surface area contributed by atoms with Gasteiger partial charge in [-0.3, -0.25) is 0 Å². The van der Waals surface area contributed by atoms with Crippen molar-refractivity contribution in [3.05, 3.63) is 93.3 Å². The summed E-state index contributed by atoms with van der Waals surface area (Å²) in [6, 6.07) is 7.01. The van der Waals surface area contributed by atoms with Crippen LogP contribution in [0.25, 0.3) is 16.7 Å². The summed E-state index contributed by atoms with van der Waals surface area (Å²) in [4.78, 5) is 3.10. The van der Waals surface area contributed by atoms with Gasteiger partial charge in [-0.1, -0.05) is 56.7 Å². The second-order valence-corrected chi connectivity index (χ2v) is 13.0. The van der Waals surface area contributed by atoms with Crippen LogP contribution in [0.4, 0.5) is 8.78 Å². The summed E-state index contributed by atoms with van der Waals surface area (Å²) < 4.78 is 31.4. The van der Waals surface area contributed by atoms with Crippen LogP contribution in [0.5, 0.6) is 0 Å². The zero-order valence-corrected chi connectivity index (χ0v) is 22.0. The van der Waals surface area contributed by atoms with Crippen molar-refractivity contribution < 1.29 is 8.78 Å². The summed E-state index contributed by atoms with van der Waals surface area (Å²) in [5.74, 6) is -0.414. The molecule has 1 fully saturated rings. The smallest absolute Gasteiger partial charge is 0.146 e. The highest BCUT2D eigenvalue weighted by molar-refractivity contribution is 8.45. The van der Waals surface area contributed by atoms with E-state index in [2.05, 4.69) is 39.3 Å². The Labute approximate surface area is 205 Å². The zero-order chi connectivity index (χ0) is 24.8. The standard InChI is InChI=1S/C31H36F2S/c1-8-19(3)18-29-27(9-2)34(29,7)28-17-16-26(32)30(31(28)33)25-15-14-24(20(4)21(25)5)22(6)23-12-10-11-13-23/h8,14-18,23H,1,6,9-13H2,2-5,7H3/b19-18-. The van der Waals surface area contributed by atoms with Crippen molar-refractivity contribution in [2.75, 3.05) is 6.26 Å². The van der Waals surface area contributed by atoms with Gasteiger partial charge in [0.2, 0.25) is 0 Å². The first kappa shape index (κ1) is 24.7. The highest BCUT2D eigenvalue weighted by atomic mass is 32.3. The molecule has 180 valence electrons. The van der Waals surface area contributed by atoms with Crippen molar-refractivity contribution in [1.29, 1.82) is 0 Å². The molecular formula is C31H36F2S. The molecule has 1 saturated carbocycles. The Morgan fingerprint density at radius 1 is 1.09 bits per heavy atom. The molecule has 0 amide bonds. The minimum Gasteiger partial charge on any atom is -0.206 e. The Morgan fingerprint density at radius 2 is 1.76 bits per heavy atom. The number of hydrogen-bond donors (Lipinski definition) is 0. The van der Waals surface area contributed by atoms with E-state index >= 15 is 8.78 Å². The fraction of sp³-hybridized carbons (Fsp3) is 0.355. The molecule has 2 aromatic rings. The third-order valence-electron chi connectivity index (χ3n) is 7.91. The second kappa shape index (κ2) is 9.34.